The number of halogens is 3. The molecule has 0 bridgehead atoms. The maximum atomic E-state index is 13.6. The normalized spacial score (nSPS) is 16.8. The van der Waals surface area contributed by atoms with Gasteiger partial charge in [-0.05, 0) is 47.9 Å². The van der Waals surface area contributed by atoms with Gasteiger partial charge in [-0.3, -0.25) is 0 Å². The topological polar surface area (TPSA) is 49.4 Å². The van der Waals surface area contributed by atoms with E-state index in [2.05, 4.69) is 25.6 Å². The molecule has 0 spiro atoms. The van der Waals surface area contributed by atoms with E-state index < -0.39 is 26.6 Å². The Labute approximate surface area is 125 Å². The molecular weight excluding hydrogens is 354 g/mol. The fraction of sp³-hybridized carbons (Fsp3) is 0.500. The number of benzene rings is 1. The fourth-order valence-corrected chi connectivity index (χ4v) is 4.39. The van der Waals surface area contributed by atoms with Crippen molar-refractivity contribution < 1.29 is 17.2 Å². The van der Waals surface area contributed by atoms with Crippen LogP contribution in [0, 0.1) is 11.6 Å². The van der Waals surface area contributed by atoms with Crippen LogP contribution in [0.25, 0.3) is 0 Å². The van der Waals surface area contributed by atoms with Gasteiger partial charge in [0.1, 0.15) is 16.5 Å². The predicted molar refractivity (Wildman–Crippen MR) is 74.9 cm³/mol. The Bertz CT molecular complexity index is 566. The lowest BCUT2D eigenvalue weighted by atomic mass is 10.3. The van der Waals surface area contributed by atoms with Gasteiger partial charge >= 0.3 is 0 Å². The standard InChI is InChI=1S/C12H15BrF2N2O2S/c13-10-7-9(14)8-11(15)12(10)20(18,19)16-3-6-17-4-1-2-5-17/h7-8,16H,1-6H2. The minimum absolute atomic E-state index is 0.122. The lowest BCUT2D eigenvalue weighted by Gasteiger charge is -2.15. The molecule has 1 aliphatic heterocycles. The first-order chi connectivity index (χ1) is 9.40. The Kier molecular flexibility index (Phi) is 5.11. The Morgan fingerprint density at radius 3 is 2.50 bits per heavy atom. The molecule has 8 heteroatoms. The molecule has 112 valence electrons. The second-order valence-corrected chi connectivity index (χ2v) is 7.20. The van der Waals surface area contributed by atoms with Crippen LogP contribution in [0.5, 0.6) is 0 Å². The number of rotatable bonds is 5. The molecule has 0 amide bonds. The van der Waals surface area contributed by atoms with Crippen molar-refractivity contribution in [2.45, 2.75) is 17.7 Å². The molecule has 20 heavy (non-hydrogen) atoms. The summed E-state index contributed by atoms with van der Waals surface area (Å²) in [4.78, 5) is 1.58. The molecule has 2 rings (SSSR count). The van der Waals surface area contributed by atoms with E-state index in [1.54, 1.807) is 0 Å². The highest BCUT2D eigenvalue weighted by atomic mass is 79.9. The SMILES string of the molecule is O=S(=O)(NCCN1CCCC1)c1c(F)cc(F)cc1Br. The van der Waals surface area contributed by atoms with Crippen LogP contribution >= 0.6 is 15.9 Å². The van der Waals surface area contributed by atoms with E-state index in [4.69, 9.17) is 0 Å². The molecule has 1 aromatic rings. The maximum Gasteiger partial charge on any atom is 0.244 e. The Hall–Kier alpha value is -0.570. The van der Waals surface area contributed by atoms with Crippen LogP contribution in [0.1, 0.15) is 12.8 Å². The van der Waals surface area contributed by atoms with Crippen molar-refractivity contribution in [3.05, 3.63) is 28.2 Å². The number of nitrogens with zero attached hydrogens (tertiary/aromatic N) is 1. The van der Waals surface area contributed by atoms with Gasteiger partial charge in [-0.25, -0.2) is 21.9 Å². The van der Waals surface area contributed by atoms with Crippen molar-refractivity contribution in [3.63, 3.8) is 0 Å². The molecule has 0 unspecified atom stereocenters. The Morgan fingerprint density at radius 1 is 1.25 bits per heavy atom. The molecule has 1 saturated heterocycles. The summed E-state index contributed by atoms with van der Waals surface area (Å²) in [5.41, 5.74) is 0. The van der Waals surface area contributed by atoms with Crippen LogP contribution in [0.2, 0.25) is 0 Å². The maximum absolute atomic E-state index is 13.6. The van der Waals surface area contributed by atoms with Crippen molar-refractivity contribution in [1.29, 1.82) is 0 Å². The summed E-state index contributed by atoms with van der Waals surface area (Å²) in [5, 5.41) is 0. The highest BCUT2D eigenvalue weighted by molar-refractivity contribution is 9.10. The molecule has 4 nitrogen and oxygen atoms in total. The average Bonchev–Trinajstić information content (AvgIpc) is 2.79. The molecular formula is C12H15BrF2N2O2S. The molecule has 1 fully saturated rings. The zero-order valence-electron chi connectivity index (χ0n) is 10.7. The van der Waals surface area contributed by atoms with Crippen LogP contribution in [0.4, 0.5) is 8.78 Å². The first kappa shape index (κ1) is 15.8. The summed E-state index contributed by atoms with van der Waals surface area (Å²) in [6, 6.07) is 1.48. The number of hydrogen-bond donors (Lipinski definition) is 1. The van der Waals surface area contributed by atoms with Crippen LogP contribution in [0.15, 0.2) is 21.5 Å². The first-order valence-corrected chi connectivity index (χ1v) is 8.54. The highest BCUT2D eigenvalue weighted by Gasteiger charge is 2.23. The van der Waals surface area contributed by atoms with Gasteiger partial charge < -0.3 is 4.90 Å². The summed E-state index contributed by atoms with van der Waals surface area (Å²) in [6.45, 7) is 2.69. The van der Waals surface area contributed by atoms with Gasteiger partial charge in [0.15, 0.2) is 0 Å². The summed E-state index contributed by atoms with van der Waals surface area (Å²) >= 11 is 2.88. The molecule has 1 aromatic carbocycles. The van der Waals surface area contributed by atoms with E-state index in [0.29, 0.717) is 12.6 Å². The molecule has 0 saturated carbocycles. The van der Waals surface area contributed by atoms with E-state index in [1.807, 2.05) is 0 Å². The van der Waals surface area contributed by atoms with Gasteiger partial charge in [-0.15, -0.1) is 0 Å². The van der Waals surface area contributed by atoms with Crippen molar-refractivity contribution in [3.8, 4) is 0 Å². The zero-order valence-corrected chi connectivity index (χ0v) is 13.1. The van der Waals surface area contributed by atoms with Gasteiger partial charge in [0.2, 0.25) is 10.0 Å². The monoisotopic (exact) mass is 368 g/mol. The zero-order chi connectivity index (χ0) is 14.8. The highest BCUT2D eigenvalue weighted by Crippen LogP contribution is 2.25. The van der Waals surface area contributed by atoms with Crippen LogP contribution in [0.3, 0.4) is 0 Å². The largest absolute Gasteiger partial charge is 0.302 e. The second-order valence-electron chi connectivity index (χ2n) is 4.65. The summed E-state index contributed by atoms with van der Waals surface area (Å²) < 4.78 is 52.9. The summed E-state index contributed by atoms with van der Waals surface area (Å²) in [7, 11) is -4.00. The minimum atomic E-state index is -4.00. The Morgan fingerprint density at radius 2 is 1.90 bits per heavy atom. The van der Waals surface area contributed by atoms with Gasteiger partial charge in [-0.1, -0.05) is 0 Å². The van der Waals surface area contributed by atoms with E-state index >= 15 is 0 Å². The van der Waals surface area contributed by atoms with E-state index in [0.717, 1.165) is 32.0 Å². The van der Waals surface area contributed by atoms with Crippen LogP contribution in [-0.4, -0.2) is 39.5 Å². The van der Waals surface area contributed by atoms with Crippen LogP contribution in [-0.2, 0) is 10.0 Å². The number of hydrogen-bond acceptors (Lipinski definition) is 3. The molecule has 0 aliphatic carbocycles. The Balaban J connectivity index is 2.06. The lowest BCUT2D eigenvalue weighted by Crippen LogP contribution is -2.34. The van der Waals surface area contributed by atoms with Crippen LogP contribution < -0.4 is 4.72 Å². The van der Waals surface area contributed by atoms with E-state index in [9.17, 15) is 17.2 Å². The molecule has 1 heterocycles. The third-order valence-corrected chi connectivity index (χ3v) is 5.57. The van der Waals surface area contributed by atoms with Crippen molar-refractivity contribution >= 4 is 26.0 Å². The smallest absolute Gasteiger partial charge is 0.244 e. The van der Waals surface area contributed by atoms with Crippen molar-refractivity contribution in [2.75, 3.05) is 26.2 Å². The molecule has 1 N–H and O–H groups in total. The van der Waals surface area contributed by atoms with E-state index in [1.165, 1.54) is 0 Å². The minimum Gasteiger partial charge on any atom is -0.302 e. The molecule has 0 radical (unpaired) electrons. The van der Waals surface area contributed by atoms with Gasteiger partial charge in [0.05, 0.1) is 0 Å². The third kappa shape index (κ3) is 3.75. The number of nitrogens with one attached hydrogen (secondary N) is 1. The number of likely N-dealkylation sites (tertiary alicyclic amines) is 1. The third-order valence-electron chi connectivity index (χ3n) is 3.15. The molecule has 1 aliphatic rings. The second kappa shape index (κ2) is 6.46. The fourth-order valence-electron chi connectivity index (χ4n) is 2.20. The van der Waals surface area contributed by atoms with Crippen molar-refractivity contribution in [2.24, 2.45) is 0 Å². The van der Waals surface area contributed by atoms with Gasteiger partial charge in [0, 0.05) is 23.6 Å². The lowest BCUT2D eigenvalue weighted by molar-refractivity contribution is 0.344. The van der Waals surface area contributed by atoms with E-state index in [-0.39, 0.29) is 11.0 Å². The van der Waals surface area contributed by atoms with Gasteiger partial charge in [0.25, 0.3) is 0 Å². The molecule has 0 aromatic heterocycles. The predicted octanol–water partition coefficient (Wildman–Crippen LogP) is 2.10. The molecule has 0 atom stereocenters. The summed E-state index contributed by atoms with van der Waals surface area (Å²) in [5.74, 6) is -1.93. The van der Waals surface area contributed by atoms with Gasteiger partial charge in [-0.2, -0.15) is 0 Å². The first-order valence-electron chi connectivity index (χ1n) is 6.27. The number of sulfonamides is 1. The van der Waals surface area contributed by atoms with Crippen molar-refractivity contribution in [1.82, 2.24) is 9.62 Å². The summed E-state index contributed by atoms with van der Waals surface area (Å²) in [6.07, 6.45) is 2.23. The quantitative estimate of drug-likeness (QED) is 0.865. The average molecular weight is 369 g/mol.